The standard InChI is InChI=1S/C12H16ClN3/c13-11-8-12(16-9-15-11)14-7-6-10-4-2-1-3-5-10/h4,8-9H,1-3,5-7H2,(H,14,15,16). The number of aromatic nitrogens is 2. The van der Waals surface area contributed by atoms with Gasteiger partial charge in [-0.15, -0.1) is 0 Å². The van der Waals surface area contributed by atoms with Crippen molar-refractivity contribution in [2.45, 2.75) is 32.1 Å². The Hall–Kier alpha value is -1.09. The van der Waals surface area contributed by atoms with Crippen LogP contribution in [0.1, 0.15) is 32.1 Å². The second kappa shape index (κ2) is 5.85. The lowest BCUT2D eigenvalue weighted by molar-refractivity contribution is 0.679. The van der Waals surface area contributed by atoms with Crippen molar-refractivity contribution >= 4 is 17.4 Å². The molecule has 1 aliphatic rings. The quantitative estimate of drug-likeness (QED) is 0.644. The van der Waals surface area contributed by atoms with Crippen LogP contribution in [-0.4, -0.2) is 16.5 Å². The van der Waals surface area contributed by atoms with Crippen molar-refractivity contribution in [1.29, 1.82) is 0 Å². The van der Waals surface area contributed by atoms with Crippen LogP contribution in [0.4, 0.5) is 5.82 Å². The second-order valence-electron chi connectivity index (χ2n) is 4.01. The number of allylic oxidation sites excluding steroid dienone is 1. The summed E-state index contributed by atoms with van der Waals surface area (Å²) in [5.74, 6) is 0.802. The average molecular weight is 238 g/mol. The molecule has 0 amide bonds. The molecule has 1 heterocycles. The zero-order valence-corrected chi connectivity index (χ0v) is 10.0. The summed E-state index contributed by atoms with van der Waals surface area (Å²) in [6, 6.07) is 1.75. The lowest BCUT2D eigenvalue weighted by Crippen LogP contribution is -2.05. The molecule has 1 aromatic rings. The van der Waals surface area contributed by atoms with E-state index in [1.165, 1.54) is 32.0 Å². The first-order valence-corrected chi connectivity index (χ1v) is 6.12. The highest BCUT2D eigenvalue weighted by molar-refractivity contribution is 6.29. The minimum Gasteiger partial charge on any atom is -0.370 e. The van der Waals surface area contributed by atoms with Crippen LogP contribution < -0.4 is 5.32 Å². The zero-order valence-electron chi connectivity index (χ0n) is 9.25. The van der Waals surface area contributed by atoms with Gasteiger partial charge < -0.3 is 5.32 Å². The van der Waals surface area contributed by atoms with Gasteiger partial charge in [-0.2, -0.15) is 0 Å². The molecule has 0 saturated carbocycles. The molecule has 1 aliphatic carbocycles. The van der Waals surface area contributed by atoms with E-state index in [-0.39, 0.29) is 0 Å². The van der Waals surface area contributed by atoms with Crippen molar-refractivity contribution in [3.63, 3.8) is 0 Å². The Kier molecular flexibility index (Phi) is 4.17. The molecular weight excluding hydrogens is 222 g/mol. The lowest BCUT2D eigenvalue weighted by Gasteiger charge is -2.13. The zero-order chi connectivity index (χ0) is 11.2. The Balaban J connectivity index is 1.77. The predicted molar refractivity (Wildman–Crippen MR) is 66.7 cm³/mol. The molecule has 0 saturated heterocycles. The first kappa shape index (κ1) is 11.4. The van der Waals surface area contributed by atoms with E-state index in [2.05, 4.69) is 21.4 Å². The van der Waals surface area contributed by atoms with Crippen LogP contribution in [0.25, 0.3) is 0 Å². The van der Waals surface area contributed by atoms with E-state index in [4.69, 9.17) is 11.6 Å². The number of hydrogen-bond donors (Lipinski definition) is 1. The van der Waals surface area contributed by atoms with Gasteiger partial charge in [-0.3, -0.25) is 0 Å². The summed E-state index contributed by atoms with van der Waals surface area (Å²) < 4.78 is 0. The molecular formula is C12H16ClN3. The lowest BCUT2D eigenvalue weighted by atomic mass is 9.97. The van der Waals surface area contributed by atoms with Crippen molar-refractivity contribution in [3.05, 3.63) is 29.2 Å². The summed E-state index contributed by atoms with van der Waals surface area (Å²) in [6.45, 7) is 0.916. The summed E-state index contributed by atoms with van der Waals surface area (Å²) in [5, 5.41) is 3.74. The van der Waals surface area contributed by atoms with Crippen LogP contribution in [-0.2, 0) is 0 Å². The van der Waals surface area contributed by atoms with Gasteiger partial charge in [0.1, 0.15) is 17.3 Å². The van der Waals surface area contributed by atoms with Gasteiger partial charge >= 0.3 is 0 Å². The number of rotatable bonds is 4. The average Bonchev–Trinajstić information content (AvgIpc) is 2.30. The monoisotopic (exact) mass is 237 g/mol. The van der Waals surface area contributed by atoms with E-state index in [9.17, 15) is 0 Å². The van der Waals surface area contributed by atoms with Crippen molar-refractivity contribution < 1.29 is 0 Å². The molecule has 0 radical (unpaired) electrons. The third-order valence-corrected chi connectivity index (χ3v) is 2.98. The Morgan fingerprint density at radius 1 is 1.31 bits per heavy atom. The number of hydrogen-bond acceptors (Lipinski definition) is 3. The van der Waals surface area contributed by atoms with Crippen LogP contribution in [0, 0.1) is 0 Å². The van der Waals surface area contributed by atoms with Crippen LogP contribution in [0.5, 0.6) is 0 Å². The highest BCUT2D eigenvalue weighted by Crippen LogP contribution is 2.20. The minimum atomic E-state index is 0.481. The highest BCUT2D eigenvalue weighted by atomic mass is 35.5. The molecule has 1 aromatic heterocycles. The van der Waals surface area contributed by atoms with Crippen molar-refractivity contribution in [3.8, 4) is 0 Å². The first-order valence-electron chi connectivity index (χ1n) is 5.74. The predicted octanol–water partition coefficient (Wildman–Crippen LogP) is 3.43. The maximum absolute atomic E-state index is 5.77. The molecule has 0 aliphatic heterocycles. The number of anilines is 1. The molecule has 0 unspecified atom stereocenters. The maximum Gasteiger partial charge on any atom is 0.134 e. The Morgan fingerprint density at radius 3 is 3.00 bits per heavy atom. The van der Waals surface area contributed by atoms with Gasteiger partial charge in [-0.25, -0.2) is 9.97 Å². The van der Waals surface area contributed by atoms with E-state index < -0.39 is 0 Å². The highest BCUT2D eigenvalue weighted by Gasteiger charge is 2.03. The van der Waals surface area contributed by atoms with Gasteiger partial charge in [-0.05, 0) is 32.1 Å². The molecule has 0 spiro atoms. The van der Waals surface area contributed by atoms with E-state index in [0.717, 1.165) is 18.8 Å². The number of nitrogens with one attached hydrogen (secondary N) is 1. The third kappa shape index (κ3) is 3.49. The Morgan fingerprint density at radius 2 is 2.25 bits per heavy atom. The molecule has 16 heavy (non-hydrogen) atoms. The molecule has 1 N–H and O–H groups in total. The summed E-state index contributed by atoms with van der Waals surface area (Å²) in [6.07, 6.45) is 10.1. The SMILES string of the molecule is Clc1cc(NCCC2=CCCCC2)ncn1. The van der Waals surface area contributed by atoms with Gasteiger partial charge in [0.2, 0.25) is 0 Å². The van der Waals surface area contributed by atoms with Crippen molar-refractivity contribution in [2.24, 2.45) is 0 Å². The normalized spacial score (nSPS) is 15.7. The van der Waals surface area contributed by atoms with Gasteiger partial charge in [-0.1, -0.05) is 23.3 Å². The third-order valence-electron chi connectivity index (χ3n) is 2.77. The fraction of sp³-hybridized carbons (Fsp3) is 0.500. The van der Waals surface area contributed by atoms with Gasteiger partial charge in [0, 0.05) is 12.6 Å². The summed E-state index contributed by atoms with van der Waals surface area (Å²) in [5.41, 5.74) is 1.57. The molecule has 3 nitrogen and oxygen atoms in total. The molecule has 86 valence electrons. The fourth-order valence-corrected chi connectivity index (χ4v) is 2.06. The van der Waals surface area contributed by atoms with E-state index >= 15 is 0 Å². The van der Waals surface area contributed by atoms with Crippen LogP contribution in [0.3, 0.4) is 0 Å². The molecule has 0 aromatic carbocycles. The van der Waals surface area contributed by atoms with Crippen molar-refractivity contribution in [1.82, 2.24) is 9.97 Å². The van der Waals surface area contributed by atoms with E-state index in [1.807, 2.05) is 0 Å². The topological polar surface area (TPSA) is 37.8 Å². The maximum atomic E-state index is 5.77. The Bertz CT molecular complexity index is 376. The summed E-state index contributed by atoms with van der Waals surface area (Å²) in [4.78, 5) is 7.94. The Labute approximate surface area is 101 Å². The smallest absolute Gasteiger partial charge is 0.134 e. The molecule has 0 atom stereocenters. The van der Waals surface area contributed by atoms with Crippen LogP contribution >= 0.6 is 11.6 Å². The second-order valence-corrected chi connectivity index (χ2v) is 4.40. The van der Waals surface area contributed by atoms with Gasteiger partial charge in [0.05, 0.1) is 0 Å². The van der Waals surface area contributed by atoms with E-state index in [1.54, 1.807) is 11.6 Å². The molecule has 0 fully saturated rings. The van der Waals surface area contributed by atoms with E-state index in [0.29, 0.717) is 5.15 Å². The van der Waals surface area contributed by atoms with Gasteiger partial charge in [0.15, 0.2) is 0 Å². The number of halogens is 1. The van der Waals surface area contributed by atoms with Crippen LogP contribution in [0.15, 0.2) is 24.0 Å². The van der Waals surface area contributed by atoms with Gasteiger partial charge in [0.25, 0.3) is 0 Å². The van der Waals surface area contributed by atoms with Crippen molar-refractivity contribution in [2.75, 3.05) is 11.9 Å². The van der Waals surface area contributed by atoms with Crippen LogP contribution in [0.2, 0.25) is 5.15 Å². The minimum absolute atomic E-state index is 0.481. The first-order chi connectivity index (χ1) is 7.84. The molecule has 0 bridgehead atoms. The number of nitrogens with zero attached hydrogens (tertiary/aromatic N) is 2. The molecule has 2 rings (SSSR count). The summed E-state index contributed by atoms with van der Waals surface area (Å²) >= 11 is 5.77. The largest absolute Gasteiger partial charge is 0.370 e. The fourth-order valence-electron chi connectivity index (χ4n) is 1.91. The molecule has 4 heteroatoms. The summed E-state index contributed by atoms with van der Waals surface area (Å²) in [7, 11) is 0.